The molecule has 4 N–H and O–H groups in total. The third-order valence-corrected chi connectivity index (χ3v) is 7.51. The summed E-state index contributed by atoms with van der Waals surface area (Å²) in [7, 11) is 0. The highest BCUT2D eigenvalue weighted by Gasteiger charge is 2.23. The molecule has 0 amide bonds. The van der Waals surface area contributed by atoms with Crippen molar-refractivity contribution in [2.75, 3.05) is 19.6 Å². The molecule has 1 aliphatic rings. The lowest BCUT2D eigenvalue weighted by atomic mass is 10.0. The summed E-state index contributed by atoms with van der Waals surface area (Å²) in [5, 5.41) is 17.9. The first kappa shape index (κ1) is 27.3. The van der Waals surface area contributed by atoms with E-state index in [-0.39, 0.29) is 28.7 Å². The fourth-order valence-electron chi connectivity index (χ4n) is 5.30. The van der Waals surface area contributed by atoms with Crippen molar-refractivity contribution in [3.63, 3.8) is 0 Å². The molecule has 0 spiro atoms. The van der Waals surface area contributed by atoms with Gasteiger partial charge in [0.15, 0.2) is 0 Å². The van der Waals surface area contributed by atoms with Crippen LogP contribution < -0.4 is 11.4 Å². The van der Waals surface area contributed by atoms with Gasteiger partial charge in [-0.05, 0) is 68.3 Å². The number of nitrogens with zero attached hydrogens (tertiary/aromatic N) is 3. The number of fused-ring (bicyclic) bond motifs is 2. The molecule has 3 heterocycles. The van der Waals surface area contributed by atoms with Crippen LogP contribution in [0, 0.1) is 0 Å². The Labute approximate surface area is 234 Å². The maximum Gasteiger partial charge on any atom is 0.339 e. The van der Waals surface area contributed by atoms with Crippen LogP contribution in [0.4, 0.5) is 0 Å². The number of H-pyrrole nitrogens is 2. The Hall–Kier alpha value is -4.28. The molecule has 2 aromatic heterocycles. The summed E-state index contributed by atoms with van der Waals surface area (Å²) >= 11 is 6.05. The third kappa shape index (κ3) is 5.83. The van der Waals surface area contributed by atoms with Crippen LogP contribution in [0.3, 0.4) is 0 Å². The minimum absolute atomic E-state index is 0.0475. The first-order chi connectivity index (χ1) is 19.3. The number of aromatic hydroxyl groups is 1. The second-order valence-corrected chi connectivity index (χ2v) is 10.2. The van der Waals surface area contributed by atoms with Crippen LogP contribution in [0.1, 0.15) is 35.7 Å². The van der Waals surface area contributed by atoms with E-state index in [1.54, 1.807) is 18.2 Å². The molecule has 0 unspecified atom stereocenters. The quantitative estimate of drug-likeness (QED) is 0.241. The van der Waals surface area contributed by atoms with Gasteiger partial charge < -0.3 is 25.1 Å². The van der Waals surface area contributed by atoms with Crippen LogP contribution in [-0.2, 0) is 6.54 Å². The largest absolute Gasteiger partial charge is 0.507 e. The number of para-hydroxylation sites is 3. The lowest BCUT2D eigenvalue weighted by Crippen LogP contribution is -2.37. The number of rotatable bonds is 6. The second-order valence-electron chi connectivity index (χ2n) is 9.81. The van der Waals surface area contributed by atoms with Crippen molar-refractivity contribution in [2.24, 2.45) is 0 Å². The van der Waals surface area contributed by atoms with Gasteiger partial charge in [0.2, 0.25) is 0 Å². The molecule has 0 bridgehead atoms. The number of imidazole rings is 2. The number of likely N-dealkylation sites (tertiary alicyclic amines) is 1. The number of hydrogen-bond acceptors (Lipinski definition) is 5. The highest BCUT2D eigenvalue weighted by Crippen LogP contribution is 2.26. The molecular formula is C29H30ClN5O5. The molecule has 0 radical (unpaired) electrons. The van der Waals surface area contributed by atoms with Gasteiger partial charge in [-0.25, -0.2) is 14.4 Å². The molecule has 11 heteroatoms. The summed E-state index contributed by atoms with van der Waals surface area (Å²) in [5.74, 6) is -1.31. The van der Waals surface area contributed by atoms with E-state index in [0.717, 1.165) is 61.0 Å². The molecular weight excluding hydrogens is 534 g/mol. The van der Waals surface area contributed by atoms with Gasteiger partial charge in [-0.15, -0.1) is 0 Å². The van der Waals surface area contributed by atoms with Crippen molar-refractivity contribution in [1.82, 2.24) is 24.0 Å². The highest BCUT2D eigenvalue weighted by molar-refractivity contribution is 6.31. The zero-order valence-electron chi connectivity index (χ0n) is 21.7. The monoisotopic (exact) mass is 563 g/mol. The van der Waals surface area contributed by atoms with Gasteiger partial charge in [0.25, 0.3) is 0 Å². The normalized spacial score (nSPS) is 14.3. The van der Waals surface area contributed by atoms with Crippen molar-refractivity contribution in [1.29, 1.82) is 0 Å². The minimum Gasteiger partial charge on any atom is -0.507 e. The molecule has 40 heavy (non-hydrogen) atoms. The van der Waals surface area contributed by atoms with E-state index in [0.29, 0.717) is 11.6 Å². The standard InChI is InChI=1S/C22H24ClN5O2.C7H6O3/c23-15-6-7-20-18(14-15)25-22(30)28(20)16-8-12-26(13-9-16)10-3-11-27-19-5-2-1-4-17(19)24-21(27)29;8-6-4-2-1-3-5(6)7(9)10/h1-2,4-7,14,16H,3,8-13H2,(H,24,29)(H,25,30);1-4,8H,(H,9,10). The SMILES string of the molecule is O=C(O)c1ccccc1O.O=c1[nH]c2ccccc2n1CCCN1CCC(n2c(=O)[nH]c3cc(Cl)ccc32)CC1. The fraction of sp³-hybridized carbons (Fsp3) is 0.276. The first-order valence-corrected chi connectivity index (χ1v) is 13.5. The Bertz CT molecular complexity index is 1760. The fourth-order valence-corrected chi connectivity index (χ4v) is 5.47. The zero-order valence-corrected chi connectivity index (χ0v) is 22.5. The van der Waals surface area contributed by atoms with Gasteiger partial charge in [-0.2, -0.15) is 0 Å². The lowest BCUT2D eigenvalue weighted by Gasteiger charge is -2.32. The second kappa shape index (κ2) is 11.8. The van der Waals surface area contributed by atoms with Crippen molar-refractivity contribution >= 4 is 39.6 Å². The Morgan fingerprint density at radius 2 is 1.57 bits per heavy atom. The summed E-state index contributed by atoms with van der Waals surface area (Å²) in [4.78, 5) is 43.2. The van der Waals surface area contributed by atoms with E-state index >= 15 is 0 Å². The predicted octanol–water partition coefficient (Wildman–Crippen LogP) is 4.44. The molecule has 0 saturated carbocycles. The van der Waals surface area contributed by atoms with Gasteiger partial charge in [0, 0.05) is 30.7 Å². The highest BCUT2D eigenvalue weighted by atomic mass is 35.5. The van der Waals surface area contributed by atoms with Crippen molar-refractivity contribution in [3.05, 3.63) is 98.3 Å². The Morgan fingerprint density at radius 1 is 0.875 bits per heavy atom. The Balaban J connectivity index is 0.000000274. The number of aryl methyl sites for hydroxylation is 1. The number of halogens is 1. The molecule has 1 aliphatic heterocycles. The predicted molar refractivity (Wildman–Crippen MR) is 155 cm³/mol. The van der Waals surface area contributed by atoms with Gasteiger partial charge in [0.1, 0.15) is 11.3 Å². The minimum atomic E-state index is -1.11. The zero-order chi connectivity index (χ0) is 28.2. The van der Waals surface area contributed by atoms with Crippen molar-refractivity contribution in [3.8, 4) is 5.75 Å². The third-order valence-electron chi connectivity index (χ3n) is 7.27. The number of aromatic nitrogens is 4. The number of piperidine rings is 1. The molecule has 6 rings (SSSR count). The molecule has 1 saturated heterocycles. The van der Waals surface area contributed by atoms with Gasteiger partial charge in [-0.1, -0.05) is 35.9 Å². The number of nitrogens with one attached hydrogen (secondary N) is 2. The molecule has 3 aromatic carbocycles. The van der Waals surface area contributed by atoms with E-state index in [1.807, 2.05) is 45.5 Å². The van der Waals surface area contributed by atoms with E-state index in [9.17, 15) is 14.4 Å². The van der Waals surface area contributed by atoms with Crippen molar-refractivity contribution in [2.45, 2.75) is 31.8 Å². The van der Waals surface area contributed by atoms with Crippen LogP contribution in [0.15, 0.2) is 76.3 Å². The Morgan fingerprint density at radius 3 is 2.30 bits per heavy atom. The van der Waals surface area contributed by atoms with Gasteiger partial charge in [0.05, 0.1) is 22.1 Å². The number of carboxylic acids is 1. The lowest BCUT2D eigenvalue weighted by molar-refractivity contribution is 0.0693. The van der Waals surface area contributed by atoms with Crippen LogP contribution in [0.2, 0.25) is 5.02 Å². The van der Waals surface area contributed by atoms with Crippen molar-refractivity contribution < 1.29 is 15.0 Å². The van der Waals surface area contributed by atoms with Crippen LogP contribution in [-0.4, -0.2) is 59.8 Å². The average Bonchev–Trinajstić information content (AvgIpc) is 3.44. The Kier molecular flexibility index (Phi) is 8.09. The van der Waals surface area contributed by atoms with Crippen LogP contribution >= 0.6 is 11.6 Å². The number of carboxylic acid groups (broad SMARTS) is 1. The molecule has 0 atom stereocenters. The van der Waals surface area contributed by atoms with Gasteiger partial charge in [-0.3, -0.25) is 9.13 Å². The molecule has 5 aromatic rings. The summed E-state index contributed by atoms with van der Waals surface area (Å²) in [5.41, 5.74) is 3.37. The first-order valence-electron chi connectivity index (χ1n) is 13.1. The van der Waals surface area contributed by atoms with E-state index in [2.05, 4.69) is 14.9 Å². The molecule has 208 valence electrons. The summed E-state index contributed by atoms with van der Waals surface area (Å²) in [6.45, 7) is 3.53. The maximum atomic E-state index is 12.5. The number of phenols is 1. The summed E-state index contributed by atoms with van der Waals surface area (Å²) in [6, 6.07) is 19.3. The van der Waals surface area contributed by atoms with Crippen LogP contribution in [0.25, 0.3) is 22.1 Å². The maximum absolute atomic E-state index is 12.5. The number of carbonyl (C=O) groups is 1. The summed E-state index contributed by atoms with van der Waals surface area (Å²) in [6.07, 6.45) is 2.78. The van der Waals surface area contributed by atoms with Gasteiger partial charge >= 0.3 is 17.3 Å². The van der Waals surface area contributed by atoms with E-state index in [4.69, 9.17) is 21.8 Å². The van der Waals surface area contributed by atoms with E-state index in [1.165, 1.54) is 12.1 Å². The molecule has 0 aliphatic carbocycles. The molecule has 1 fully saturated rings. The number of aromatic carboxylic acids is 1. The molecule has 10 nitrogen and oxygen atoms in total. The topological polar surface area (TPSA) is 136 Å². The average molecular weight is 564 g/mol. The van der Waals surface area contributed by atoms with Crippen LogP contribution in [0.5, 0.6) is 5.75 Å². The number of aromatic amines is 2. The summed E-state index contributed by atoms with van der Waals surface area (Å²) < 4.78 is 3.70. The van der Waals surface area contributed by atoms with E-state index < -0.39 is 5.97 Å². The smallest absolute Gasteiger partial charge is 0.339 e. The number of benzene rings is 3. The number of hydrogen-bond donors (Lipinski definition) is 4.